The molecule has 0 bridgehead atoms. The van der Waals surface area contributed by atoms with Crippen LogP contribution in [-0.2, 0) is 4.79 Å². The number of aromatic nitrogens is 1. The standard InChI is InChI=1S/C14H19N3O/c1-17-9-12(11-4-2-6-15-8-11)14(13(17)18)5-3-7-16-10-14/h2,4,6,8,12,16H,3,5,7,9-10H2,1H3. The second-order valence-electron chi connectivity index (χ2n) is 5.46. The molecule has 0 aromatic carbocycles. The van der Waals surface area contributed by atoms with E-state index in [2.05, 4.69) is 16.4 Å². The molecular formula is C14H19N3O. The minimum absolute atomic E-state index is 0.240. The van der Waals surface area contributed by atoms with E-state index in [0.717, 1.165) is 32.5 Å². The highest BCUT2D eigenvalue weighted by Crippen LogP contribution is 2.47. The molecule has 1 spiro atoms. The summed E-state index contributed by atoms with van der Waals surface area (Å²) in [6.45, 7) is 2.64. The number of rotatable bonds is 1. The molecule has 2 saturated heterocycles. The average molecular weight is 245 g/mol. The Bertz CT molecular complexity index is 440. The number of hydrogen-bond acceptors (Lipinski definition) is 3. The van der Waals surface area contributed by atoms with E-state index in [9.17, 15) is 4.79 Å². The van der Waals surface area contributed by atoms with E-state index >= 15 is 0 Å². The lowest BCUT2D eigenvalue weighted by Crippen LogP contribution is -2.47. The van der Waals surface area contributed by atoms with Crippen LogP contribution in [0.25, 0.3) is 0 Å². The van der Waals surface area contributed by atoms with Gasteiger partial charge in [-0.15, -0.1) is 0 Å². The van der Waals surface area contributed by atoms with Crippen LogP contribution in [0, 0.1) is 5.41 Å². The third-order valence-corrected chi connectivity index (χ3v) is 4.40. The number of carbonyl (C=O) groups excluding carboxylic acids is 1. The van der Waals surface area contributed by atoms with Crippen LogP contribution in [-0.4, -0.2) is 42.5 Å². The Kier molecular flexibility index (Phi) is 2.82. The van der Waals surface area contributed by atoms with Crippen LogP contribution in [0.2, 0.25) is 0 Å². The van der Waals surface area contributed by atoms with Crippen LogP contribution in [0.4, 0.5) is 0 Å². The van der Waals surface area contributed by atoms with E-state index in [1.165, 1.54) is 5.56 Å². The minimum Gasteiger partial charge on any atom is -0.345 e. The summed E-state index contributed by atoms with van der Waals surface area (Å²) in [6.07, 6.45) is 5.77. The maximum Gasteiger partial charge on any atom is 0.230 e. The smallest absolute Gasteiger partial charge is 0.230 e. The highest BCUT2D eigenvalue weighted by molar-refractivity contribution is 5.86. The van der Waals surface area contributed by atoms with Gasteiger partial charge in [-0.1, -0.05) is 6.07 Å². The summed E-state index contributed by atoms with van der Waals surface area (Å²) in [5.41, 5.74) is 0.953. The van der Waals surface area contributed by atoms with Gasteiger partial charge in [0.2, 0.25) is 5.91 Å². The van der Waals surface area contributed by atoms with Crippen molar-refractivity contribution in [3.63, 3.8) is 0 Å². The van der Waals surface area contributed by atoms with Gasteiger partial charge in [0.1, 0.15) is 0 Å². The number of nitrogens with zero attached hydrogens (tertiary/aromatic N) is 2. The first-order chi connectivity index (χ1) is 8.74. The molecule has 18 heavy (non-hydrogen) atoms. The molecule has 1 amide bonds. The van der Waals surface area contributed by atoms with Crippen molar-refractivity contribution in [3.05, 3.63) is 30.1 Å². The average Bonchev–Trinajstić information content (AvgIpc) is 2.66. The van der Waals surface area contributed by atoms with Crippen molar-refractivity contribution in [1.29, 1.82) is 0 Å². The van der Waals surface area contributed by atoms with Crippen LogP contribution >= 0.6 is 0 Å². The van der Waals surface area contributed by atoms with Crippen LogP contribution in [0.5, 0.6) is 0 Å². The van der Waals surface area contributed by atoms with E-state index in [0.29, 0.717) is 5.91 Å². The highest BCUT2D eigenvalue weighted by Gasteiger charge is 2.53. The zero-order valence-electron chi connectivity index (χ0n) is 10.7. The number of carbonyl (C=O) groups is 1. The second-order valence-corrected chi connectivity index (χ2v) is 5.46. The number of piperidine rings is 1. The molecule has 1 aromatic heterocycles. The summed E-state index contributed by atoms with van der Waals surface area (Å²) in [4.78, 5) is 18.6. The summed E-state index contributed by atoms with van der Waals surface area (Å²) >= 11 is 0. The fourth-order valence-corrected chi connectivity index (χ4v) is 3.48. The van der Waals surface area contributed by atoms with Crippen LogP contribution in [0.1, 0.15) is 24.3 Å². The topological polar surface area (TPSA) is 45.2 Å². The Labute approximate surface area is 107 Å². The Hall–Kier alpha value is -1.42. The van der Waals surface area contributed by atoms with Gasteiger partial charge in [-0.25, -0.2) is 0 Å². The van der Waals surface area contributed by atoms with Gasteiger partial charge in [0.15, 0.2) is 0 Å². The molecule has 2 atom stereocenters. The number of likely N-dealkylation sites (N-methyl/N-ethyl adjacent to an activating group) is 1. The van der Waals surface area contributed by atoms with E-state index in [4.69, 9.17) is 0 Å². The van der Waals surface area contributed by atoms with Gasteiger partial charge < -0.3 is 10.2 Å². The summed E-state index contributed by atoms with van der Waals surface area (Å²) in [5, 5.41) is 3.40. The largest absolute Gasteiger partial charge is 0.345 e. The van der Waals surface area contributed by atoms with Crippen molar-refractivity contribution < 1.29 is 4.79 Å². The van der Waals surface area contributed by atoms with E-state index < -0.39 is 0 Å². The summed E-state index contributed by atoms with van der Waals surface area (Å²) < 4.78 is 0. The fourth-order valence-electron chi connectivity index (χ4n) is 3.48. The summed E-state index contributed by atoms with van der Waals surface area (Å²) in [6, 6.07) is 4.06. The van der Waals surface area contributed by atoms with Crippen LogP contribution in [0.15, 0.2) is 24.5 Å². The highest BCUT2D eigenvalue weighted by atomic mass is 16.2. The van der Waals surface area contributed by atoms with Gasteiger partial charge in [0.25, 0.3) is 0 Å². The lowest BCUT2D eigenvalue weighted by atomic mass is 9.70. The van der Waals surface area contributed by atoms with Gasteiger partial charge in [0, 0.05) is 38.4 Å². The minimum atomic E-state index is -0.240. The zero-order valence-corrected chi connectivity index (χ0v) is 10.7. The van der Waals surface area contributed by atoms with Crippen molar-refractivity contribution in [1.82, 2.24) is 15.2 Å². The predicted octanol–water partition coefficient (Wildman–Crippen LogP) is 1.01. The van der Waals surface area contributed by atoms with Crippen molar-refractivity contribution in [2.45, 2.75) is 18.8 Å². The summed E-state index contributed by atoms with van der Waals surface area (Å²) in [7, 11) is 1.91. The molecule has 0 aliphatic carbocycles. The molecule has 2 unspecified atom stereocenters. The lowest BCUT2D eigenvalue weighted by Gasteiger charge is -2.36. The molecule has 4 nitrogen and oxygen atoms in total. The van der Waals surface area contributed by atoms with Crippen molar-refractivity contribution >= 4 is 5.91 Å². The predicted molar refractivity (Wildman–Crippen MR) is 69.2 cm³/mol. The molecule has 1 N–H and O–H groups in total. The second kappa shape index (κ2) is 4.35. The number of hydrogen-bond donors (Lipinski definition) is 1. The Morgan fingerprint density at radius 1 is 1.56 bits per heavy atom. The molecule has 3 heterocycles. The lowest BCUT2D eigenvalue weighted by molar-refractivity contribution is -0.136. The van der Waals surface area contributed by atoms with Crippen LogP contribution < -0.4 is 5.32 Å². The molecule has 2 aliphatic rings. The van der Waals surface area contributed by atoms with Crippen molar-refractivity contribution in [2.24, 2.45) is 5.41 Å². The molecule has 3 rings (SSSR count). The SMILES string of the molecule is CN1CC(c2cccnc2)C2(CCCNC2)C1=O. The normalized spacial score (nSPS) is 32.2. The van der Waals surface area contributed by atoms with Gasteiger partial charge in [0.05, 0.1) is 5.41 Å². The first kappa shape index (κ1) is 11.7. The quantitative estimate of drug-likeness (QED) is 0.803. The molecule has 96 valence electrons. The van der Waals surface area contributed by atoms with Crippen molar-refractivity contribution in [3.8, 4) is 0 Å². The van der Waals surface area contributed by atoms with Crippen LogP contribution in [0.3, 0.4) is 0 Å². The first-order valence-electron chi connectivity index (χ1n) is 6.60. The first-order valence-corrected chi connectivity index (χ1v) is 6.60. The van der Waals surface area contributed by atoms with Crippen molar-refractivity contribution in [2.75, 3.05) is 26.7 Å². The third kappa shape index (κ3) is 1.63. The van der Waals surface area contributed by atoms with E-state index in [-0.39, 0.29) is 11.3 Å². The van der Waals surface area contributed by atoms with E-state index in [1.807, 2.05) is 24.2 Å². The summed E-state index contributed by atoms with van der Waals surface area (Å²) in [5.74, 6) is 0.569. The molecule has 0 saturated carbocycles. The molecule has 4 heteroatoms. The molecule has 1 aromatic rings. The van der Waals surface area contributed by atoms with Gasteiger partial charge in [-0.3, -0.25) is 9.78 Å². The maximum absolute atomic E-state index is 12.5. The monoisotopic (exact) mass is 245 g/mol. The number of pyridine rings is 1. The molecule has 0 radical (unpaired) electrons. The number of likely N-dealkylation sites (tertiary alicyclic amines) is 1. The van der Waals surface area contributed by atoms with Gasteiger partial charge >= 0.3 is 0 Å². The fraction of sp³-hybridized carbons (Fsp3) is 0.571. The van der Waals surface area contributed by atoms with Gasteiger partial charge in [-0.05, 0) is 31.0 Å². The third-order valence-electron chi connectivity index (χ3n) is 4.40. The van der Waals surface area contributed by atoms with E-state index in [1.54, 1.807) is 6.20 Å². The molecule has 2 aliphatic heterocycles. The number of nitrogens with one attached hydrogen (secondary N) is 1. The zero-order chi connectivity index (χ0) is 12.6. The number of amides is 1. The Morgan fingerprint density at radius 2 is 2.44 bits per heavy atom. The molecular weight excluding hydrogens is 226 g/mol. The maximum atomic E-state index is 12.5. The Morgan fingerprint density at radius 3 is 3.11 bits per heavy atom. The van der Waals surface area contributed by atoms with Gasteiger partial charge in [-0.2, -0.15) is 0 Å². The molecule has 2 fully saturated rings. The Balaban J connectivity index is 1.99.